The zero-order chi connectivity index (χ0) is 17.4. The maximum absolute atomic E-state index is 14.6. The second-order valence-electron chi connectivity index (χ2n) is 6.58. The van der Waals surface area contributed by atoms with Crippen LogP contribution >= 0.6 is 0 Å². The molecular formula is C19H20FN3O2. The lowest BCUT2D eigenvalue weighted by atomic mass is 9.98. The first kappa shape index (κ1) is 15.9. The summed E-state index contributed by atoms with van der Waals surface area (Å²) in [5.74, 6) is 0.619. The lowest BCUT2D eigenvalue weighted by Crippen LogP contribution is -2.35. The molecule has 6 heteroatoms. The number of aliphatic hydroxyl groups is 1. The molecule has 3 heterocycles. The summed E-state index contributed by atoms with van der Waals surface area (Å²) in [4.78, 5) is 9.32. The van der Waals surface area contributed by atoms with E-state index in [-0.39, 0.29) is 12.4 Å². The number of benzene rings is 1. The fraction of sp³-hybridized carbons (Fsp3) is 0.316. The van der Waals surface area contributed by atoms with E-state index in [1.165, 1.54) is 0 Å². The number of nitrogens with one attached hydrogen (secondary N) is 1. The Kier molecular flexibility index (Phi) is 4.05. The van der Waals surface area contributed by atoms with Crippen LogP contribution in [0.25, 0.3) is 22.2 Å². The smallest absolute Gasteiger partial charge is 0.224 e. The Hall–Kier alpha value is -2.60. The SMILES string of the molecule is OCC1CCN(c2ccc(-c3cc4ccc(O)cc4[nH]3)c(F)n2)CC1. The molecule has 4 rings (SSSR count). The number of phenols is 1. The van der Waals surface area contributed by atoms with Crippen LogP contribution in [0.15, 0.2) is 36.4 Å². The number of anilines is 1. The van der Waals surface area contributed by atoms with E-state index in [4.69, 9.17) is 0 Å². The molecule has 1 aromatic carbocycles. The van der Waals surface area contributed by atoms with Crippen LogP contribution in [-0.4, -0.2) is 39.9 Å². The fourth-order valence-corrected chi connectivity index (χ4v) is 3.41. The van der Waals surface area contributed by atoms with E-state index in [1.807, 2.05) is 12.1 Å². The quantitative estimate of drug-likeness (QED) is 0.639. The molecule has 0 bridgehead atoms. The van der Waals surface area contributed by atoms with Crippen molar-refractivity contribution in [1.82, 2.24) is 9.97 Å². The highest BCUT2D eigenvalue weighted by Gasteiger charge is 2.20. The van der Waals surface area contributed by atoms with E-state index in [9.17, 15) is 14.6 Å². The Morgan fingerprint density at radius 1 is 1.16 bits per heavy atom. The summed E-state index contributed by atoms with van der Waals surface area (Å²) in [6, 6.07) is 10.4. The van der Waals surface area contributed by atoms with Crippen molar-refractivity contribution in [2.75, 3.05) is 24.6 Å². The zero-order valence-electron chi connectivity index (χ0n) is 13.7. The second kappa shape index (κ2) is 6.37. The number of fused-ring (bicyclic) bond motifs is 1. The minimum absolute atomic E-state index is 0.168. The molecule has 5 nitrogen and oxygen atoms in total. The van der Waals surface area contributed by atoms with Gasteiger partial charge in [-0.15, -0.1) is 0 Å². The summed E-state index contributed by atoms with van der Waals surface area (Å²) in [5, 5.41) is 19.7. The number of H-pyrrole nitrogens is 1. The standard InChI is InChI=1S/C19H20FN3O2/c20-19-15(17-9-13-1-2-14(25)10-16(13)21-17)3-4-18(22-19)23-7-5-12(11-24)6-8-23/h1-4,9-10,12,21,24-25H,5-8,11H2. The maximum Gasteiger partial charge on any atom is 0.224 e. The molecule has 3 N–H and O–H groups in total. The van der Waals surface area contributed by atoms with Gasteiger partial charge in [0.15, 0.2) is 0 Å². The first-order chi connectivity index (χ1) is 12.1. The van der Waals surface area contributed by atoms with Crippen molar-refractivity contribution in [3.05, 3.63) is 42.3 Å². The Morgan fingerprint density at radius 3 is 2.68 bits per heavy atom. The number of piperidine rings is 1. The van der Waals surface area contributed by atoms with Gasteiger partial charge < -0.3 is 20.1 Å². The largest absolute Gasteiger partial charge is 0.508 e. The molecule has 0 unspecified atom stereocenters. The van der Waals surface area contributed by atoms with Crippen molar-refractivity contribution in [3.63, 3.8) is 0 Å². The van der Waals surface area contributed by atoms with Gasteiger partial charge in [0.25, 0.3) is 0 Å². The van der Waals surface area contributed by atoms with Gasteiger partial charge in [0.2, 0.25) is 5.95 Å². The van der Waals surface area contributed by atoms with E-state index in [0.717, 1.165) is 36.8 Å². The molecule has 0 saturated carbocycles. The number of aromatic hydroxyl groups is 1. The molecule has 0 spiro atoms. The van der Waals surface area contributed by atoms with E-state index in [1.54, 1.807) is 24.3 Å². The van der Waals surface area contributed by atoms with Gasteiger partial charge in [0, 0.05) is 36.7 Å². The fourth-order valence-electron chi connectivity index (χ4n) is 3.41. The third-order valence-electron chi connectivity index (χ3n) is 4.93. The number of hydrogen-bond donors (Lipinski definition) is 3. The van der Waals surface area contributed by atoms with Crippen LogP contribution in [0.2, 0.25) is 0 Å². The van der Waals surface area contributed by atoms with E-state index >= 15 is 0 Å². The van der Waals surface area contributed by atoms with Gasteiger partial charge in [-0.3, -0.25) is 0 Å². The molecule has 0 radical (unpaired) electrons. The normalized spacial score (nSPS) is 15.8. The third-order valence-corrected chi connectivity index (χ3v) is 4.93. The molecule has 1 aliphatic rings. The Bertz CT molecular complexity index is 901. The number of rotatable bonds is 3. The topological polar surface area (TPSA) is 72.4 Å². The van der Waals surface area contributed by atoms with E-state index in [2.05, 4.69) is 14.9 Å². The number of pyridine rings is 1. The van der Waals surface area contributed by atoms with E-state index in [0.29, 0.717) is 23.0 Å². The number of aromatic amines is 1. The highest BCUT2D eigenvalue weighted by Crippen LogP contribution is 2.29. The summed E-state index contributed by atoms with van der Waals surface area (Å²) in [6.45, 7) is 1.77. The number of phenolic OH excluding ortho intramolecular Hbond substituents is 1. The number of halogens is 1. The highest BCUT2D eigenvalue weighted by molar-refractivity contribution is 5.86. The molecule has 0 amide bonds. The Morgan fingerprint density at radius 2 is 1.96 bits per heavy atom. The van der Waals surface area contributed by atoms with Gasteiger partial charge in [-0.25, -0.2) is 4.98 Å². The minimum Gasteiger partial charge on any atom is -0.508 e. The number of hydrogen-bond acceptors (Lipinski definition) is 4. The van der Waals surface area contributed by atoms with Gasteiger partial charge in [-0.05, 0) is 49.1 Å². The summed E-state index contributed by atoms with van der Waals surface area (Å²) < 4.78 is 14.6. The summed E-state index contributed by atoms with van der Waals surface area (Å²) >= 11 is 0. The molecule has 130 valence electrons. The summed E-state index contributed by atoms with van der Waals surface area (Å²) in [7, 11) is 0. The van der Waals surface area contributed by atoms with Crippen molar-refractivity contribution >= 4 is 16.7 Å². The first-order valence-corrected chi connectivity index (χ1v) is 8.48. The molecule has 0 aliphatic carbocycles. The highest BCUT2D eigenvalue weighted by atomic mass is 19.1. The molecule has 3 aromatic rings. The lowest BCUT2D eigenvalue weighted by Gasteiger charge is -2.32. The van der Waals surface area contributed by atoms with Crippen LogP contribution in [0.5, 0.6) is 5.75 Å². The molecule has 2 aromatic heterocycles. The Labute approximate surface area is 144 Å². The number of aliphatic hydroxyl groups excluding tert-OH is 1. The predicted molar refractivity (Wildman–Crippen MR) is 95.2 cm³/mol. The minimum atomic E-state index is -0.516. The lowest BCUT2D eigenvalue weighted by molar-refractivity contribution is 0.202. The van der Waals surface area contributed by atoms with Crippen molar-refractivity contribution in [3.8, 4) is 17.0 Å². The van der Waals surface area contributed by atoms with Crippen LogP contribution in [0.4, 0.5) is 10.2 Å². The molecule has 0 atom stereocenters. The van der Waals surface area contributed by atoms with Gasteiger partial charge in [0.05, 0.1) is 11.3 Å². The summed E-state index contributed by atoms with van der Waals surface area (Å²) in [6.07, 6.45) is 1.79. The van der Waals surface area contributed by atoms with Gasteiger partial charge in [0.1, 0.15) is 11.6 Å². The maximum atomic E-state index is 14.6. The van der Waals surface area contributed by atoms with E-state index < -0.39 is 5.95 Å². The van der Waals surface area contributed by atoms with Crippen molar-refractivity contribution in [1.29, 1.82) is 0 Å². The zero-order valence-corrected chi connectivity index (χ0v) is 13.7. The van der Waals surface area contributed by atoms with Crippen LogP contribution in [-0.2, 0) is 0 Å². The average molecular weight is 341 g/mol. The molecule has 1 aliphatic heterocycles. The van der Waals surface area contributed by atoms with Crippen molar-refractivity contribution in [2.24, 2.45) is 5.92 Å². The molecule has 25 heavy (non-hydrogen) atoms. The second-order valence-corrected chi connectivity index (χ2v) is 6.58. The van der Waals surface area contributed by atoms with Crippen molar-refractivity contribution < 1.29 is 14.6 Å². The predicted octanol–water partition coefficient (Wildman–Crippen LogP) is 3.28. The van der Waals surface area contributed by atoms with Gasteiger partial charge in [-0.2, -0.15) is 4.39 Å². The third kappa shape index (κ3) is 3.05. The molecule has 1 fully saturated rings. The monoisotopic (exact) mass is 341 g/mol. The average Bonchev–Trinajstić information content (AvgIpc) is 3.04. The van der Waals surface area contributed by atoms with Crippen LogP contribution in [0, 0.1) is 11.9 Å². The van der Waals surface area contributed by atoms with Crippen LogP contribution in [0.1, 0.15) is 12.8 Å². The van der Waals surface area contributed by atoms with Crippen LogP contribution in [0.3, 0.4) is 0 Å². The van der Waals surface area contributed by atoms with Crippen LogP contribution < -0.4 is 4.90 Å². The summed E-state index contributed by atoms with van der Waals surface area (Å²) in [5.41, 5.74) is 1.80. The molecular weight excluding hydrogens is 321 g/mol. The first-order valence-electron chi connectivity index (χ1n) is 8.48. The Balaban J connectivity index is 1.61. The van der Waals surface area contributed by atoms with Crippen molar-refractivity contribution in [2.45, 2.75) is 12.8 Å². The number of aromatic nitrogens is 2. The van der Waals surface area contributed by atoms with Gasteiger partial charge >= 0.3 is 0 Å². The molecule has 1 saturated heterocycles. The number of nitrogens with zero attached hydrogens (tertiary/aromatic N) is 2. The van der Waals surface area contributed by atoms with Gasteiger partial charge in [-0.1, -0.05) is 0 Å².